The Morgan fingerprint density at radius 2 is 2.11 bits per heavy atom. The molecule has 0 aliphatic rings. The van der Waals surface area contributed by atoms with Gasteiger partial charge in [0.2, 0.25) is 6.41 Å². The number of carbonyl (C=O) groups excluding carboxylic acids is 1. The molecule has 0 bridgehead atoms. The summed E-state index contributed by atoms with van der Waals surface area (Å²) in [5, 5.41) is 11.6. The van der Waals surface area contributed by atoms with Gasteiger partial charge in [-0.1, -0.05) is 17.7 Å². The Morgan fingerprint density at radius 3 is 2.53 bits per heavy atom. The lowest BCUT2D eigenvalue weighted by Gasteiger charge is -2.27. The quantitative estimate of drug-likeness (QED) is 0.644. The number of benzene rings is 1. The van der Waals surface area contributed by atoms with E-state index in [9.17, 15) is 9.59 Å². The van der Waals surface area contributed by atoms with Gasteiger partial charge in [0.15, 0.2) is 6.23 Å². The first-order chi connectivity index (χ1) is 8.74. The van der Waals surface area contributed by atoms with Crippen molar-refractivity contribution in [3.63, 3.8) is 0 Å². The monoisotopic (exact) mass is 285 g/mol. The fourth-order valence-electron chi connectivity index (χ4n) is 1.48. The molecule has 0 spiro atoms. The second kappa shape index (κ2) is 6.04. The van der Waals surface area contributed by atoms with E-state index in [0.717, 1.165) is 0 Å². The van der Waals surface area contributed by atoms with Crippen LogP contribution in [0.1, 0.15) is 42.9 Å². The van der Waals surface area contributed by atoms with Crippen LogP contribution in [0.15, 0.2) is 18.2 Å². The van der Waals surface area contributed by atoms with Gasteiger partial charge in [-0.05, 0) is 32.9 Å². The molecule has 1 amide bonds. The van der Waals surface area contributed by atoms with E-state index in [1.807, 2.05) is 20.8 Å². The van der Waals surface area contributed by atoms with Crippen molar-refractivity contribution in [1.29, 1.82) is 0 Å². The van der Waals surface area contributed by atoms with E-state index in [0.29, 0.717) is 12.0 Å². The van der Waals surface area contributed by atoms with Crippen molar-refractivity contribution < 1.29 is 19.4 Å². The smallest absolute Gasteiger partial charge is 0.335 e. The average Bonchev–Trinajstić information content (AvgIpc) is 2.26. The molecule has 0 saturated heterocycles. The molecule has 19 heavy (non-hydrogen) atoms. The second-order valence-electron chi connectivity index (χ2n) is 4.94. The van der Waals surface area contributed by atoms with Crippen molar-refractivity contribution in [1.82, 2.24) is 5.32 Å². The molecule has 6 heteroatoms. The number of hydrogen-bond acceptors (Lipinski definition) is 3. The van der Waals surface area contributed by atoms with Gasteiger partial charge in [-0.3, -0.25) is 4.79 Å². The molecule has 1 rings (SSSR count). The average molecular weight is 286 g/mol. The summed E-state index contributed by atoms with van der Waals surface area (Å²) in [4.78, 5) is 21.5. The summed E-state index contributed by atoms with van der Waals surface area (Å²) < 4.78 is 5.67. The SMILES string of the molecule is CC(C)(C)OC(NC=O)c1ccc(C(=O)O)cc1Cl. The summed E-state index contributed by atoms with van der Waals surface area (Å²) in [5.41, 5.74) is 0.0956. The van der Waals surface area contributed by atoms with Crippen molar-refractivity contribution in [2.24, 2.45) is 0 Å². The van der Waals surface area contributed by atoms with Crippen LogP contribution in [0.4, 0.5) is 0 Å². The van der Waals surface area contributed by atoms with E-state index in [-0.39, 0.29) is 10.6 Å². The van der Waals surface area contributed by atoms with E-state index < -0.39 is 17.8 Å². The van der Waals surface area contributed by atoms with Crippen molar-refractivity contribution >= 4 is 24.0 Å². The highest BCUT2D eigenvalue weighted by molar-refractivity contribution is 6.31. The van der Waals surface area contributed by atoms with Crippen LogP contribution in [-0.4, -0.2) is 23.1 Å². The van der Waals surface area contributed by atoms with E-state index in [1.54, 1.807) is 0 Å². The minimum absolute atomic E-state index is 0.0781. The molecule has 104 valence electrons. The van der Waals surface area contributed by atoms with Gasteiger partial charge in [-0.15, -0.1) is 0 Å². The molecule has 0 aromatic heterocycles. The van der Waals surface area contributed by atoms with Gasteiger partial charge in [0.05, 0.1) is 11.2 Å². The molecule has 1 atom stereocenters. The first-order valence-electron chi connectivity index (χ1n) is 5.65. The number of carboxylic acids is 1. The molecule has 1 aromatic carbocycles. The molecule has 1 unspecified atom stereocenters. The molecular formula is C13H16ClNO4. The Hall–Kier alpha value is -1.59. The lowest BCUT2D eigenvalue weighted by molar-refractivity contribution is -0.120. The fraction of sp³-hybridized carbons (Fsp3) is 0.385. The van der Waals surface area contributed by atoms with Crippen molar-refractivity contribution in [2.75, 3.05) is 0 Å². The van der Waals surface area contributed by atoms with Crippen molar-refractivity contribution in [2.45, 2.75) is 32.6 Å². The van der Waals surface area contributed by atoms with Crippen molar-refractivity contribution in [3.8, 4) is 0 Å². The van der Waals surface area contributed by atoms with Crippen LogP contribution < -0.4 is 5.32 Å². The lowest BCUT2D eigenvalue weighted by atomic mass is 10.1. The maximum absolute atomic E-state index is 10.8. The van der Waals surface area contributed by atoms with Gasteiger partial charge >= 0.3 is 5.97 Å². The summed E-state index contributed by atoms with van der Waals surface area (Å²) >= 11 is 6.03. The number of halogens is 1. The first kappa shape index (κ1) is 15.5. The number of carboxylic acid groups (broad SMARTS) is 1. The van der Waals surface area contributed by atoms with Gasteiger partial charge in [-0.2, -0.15) is 0 Å². The molecular weight excluding hydrogens is 270 g/mol. The van der Waals surface area contributed by atoms with Crippen LogP contribution in [0.2, 0.25) is 5.02 Å². The number of ether oxygens (including phenoxy) is 1. The highest BCUT2D eigenvalue weighted by Gasteiger charge is 2.22. The summed E-state index contributed by atoms with van der Waals surface area (Å²) in [6.07, 6.45) is -0.217. The largest absolute Gasteiger partial charge is 0.478 e. The predicted octanol–water partition coefficient (Wildman–Crippen LogP) is 2.60. The molecule has 1 aromatic rings. The zero-order valence-electron chi connectivity index (χ0n) is 10.9. The Bertz CT molecular complexity index is 482. The Labute approximate surface area is 116 Å². The third-order valence-electron chi connectivity index (χ3n) is 2.22. The Kier molecular flexibility index (Phi) is 4.91. The fourth-order valence-corrected chi connectivity index (χ4v) is 1.76. The van der Waals surface area contributed by atoms with Gasteiger partial charge in [0.25, 0.3) is 0 Å². The van der Waals surface area contributed by atoms with E-state index >= 15 is 0 Å². The van der Waals surface area contributed by atoms with E-state index in [4.69, 9.17) is 21.4 Å². The second-order valence-corrected chi connectivity index (χ2v) is 5.34. The van der Waals surface area contributed by atoms with Crippen LogP contribution in [0, 0.1) is 0 Å². The molecule has 0 fully saturated rings. The molecule has 0 aliphatic heterocycles. The first-order valence-corrected chi connectivity index (χ1v) is 6.02. The van der Waals surface area contributed by atoms with Gasteiger partial charge in [0, 0.05) is 10.6 Å². The van der Waals surface area contributed by atoms with Crippen LogP contribution in [0.25, 0.3) is 0 Å². The number of amides is 1. The molecule has 0 radical (unpaired) electrons. The molecule has 0 aliphatic carbocycles. The topological polar surface area (TPSA) is 75.6 Å². The Morgan fingerprint density at radius 1 is 1.47 bits per heavy atom. The number of carbonyl (C=O) groups is 2. The number of hydrogen-bond donors (Lipinski definition) is 2. The third kappa shape index (κ3) is 4.54. The number of rotatable bonds is 5. The zero-order valence-corrected chi connectivity index (χ0v) is 11.7. The number of aromatic carboxylic acids is 1. The summed E-state index contributed by atoms with van der Waals surface area (Å²) in [7, 11) is 0. The van der Waals surface area contributed by atoms with Crippen LogP contribution >= 0.6 is 11.6 Å². The number of nitrogens with one attached hydrogen (secondary N) is 1. The lowest BCUT2D eigenvalue weighted by Crippen LogP contribution is -2.31. The van der Waals surface area contributed by atoms with E-state index in [2.05, 4.69) is 5.32 Å². The normalized spacial score (nSPS) is 12.8. The van der Waals surface area contributed by atoms with Crippen LogP contribution in [0.5, 0.6) is 0 Å². The zero-order chi connectivity index (χ0) is 14.6. The van der Waals surface area contributed by atoms with Crippen molar-refractivity contribution in [3.05, 3.63) is 34.3 Å². The molecule has 0 heterocycles. The third-order valence-corrected chi connectivity index (χ3v) is 2.55. The van der Waals surface area contributed by atoms with E-state index in [1.165, 1.54) is 18.2 Å². The standard InChI is InChI=1S/C13H16ClNO4/c1-13(2,3)19-11(15-7-16)9-5-4-8(12(17)18)6-10(9)14/h4-7,11H,1-3H3,(H,15,16)(H,17,18). The van der Waals surface area contributed by atoms with Crippen LogP contribution in [0.3, 0.4) is 0 Å². The molecule has 2 N–H and O–H groups in total. The Balaban J connectivity index is 3.09. The maximum atomic E-state index is 10.8. The highest BCUT2D eigenvalue weighted by atomic mass is 35.5. The highest BCUT2D eigenvalue weighted by Crippen LogP contribution is 2.28. The summed E-state index contributed by atoms with van der Waals surface area (Å²) in [6.45, 7) is 5.52. The van der Waals surface area contributed by atoms with Gasteiger partial charge < -0.3 is 15.2 Å². The van der Waals surface area contributed by atoms with Gasteiger partial charge in [-0.25, -0.2) is 4.79 Å². The predicted molar refractivity (Wildman–Crippen MR) is 71.2 cm³/mol. The van der Waals surface area contributed by atoms with Gasteiger partial charge in [0.1, 0.15) is 0 Å². The molecule has 5 nitrogen and oxygen atoms in total. The summed E-state index contributed by atoms with van der Waals surface area (Å²) in [6, 6.07) is 4.26. The minimum Gasteiger partial charge on any atom is -0.478 e. The maximum Gasteiger partial charge on any atom is 0.335 e. The van der Waals surface area contributed by atoms with Crippen LogP contribution in [-0.2, 0) is 9.53 Å². The minimum atomic E-state index is -1.06. The summed E-state index contributed by atoms with van der Waals surface area (Å²) in [5.74, 6) is -1.06. The molecule has 0 saturated carbocycles.